The first-order valence-electron chi connectivity index (χ1n) is 12.9. The number of carbonyl (C=O) groups excluding carboxylic acids is 1. The Bertz CT molecular complexity index is 1320. The molecule has 2 aliphatic rings. The minimum absolute atomic E-state index is 0.132. The van der Waals surface area contributed by atoms with Crippen LogP contribution in [0.5, 0.6) is 17.2 Å². The van der Waals surface area contributed by atoms with Crippen LogP contribution in [-0.4, -0.2) is 66.4 Å². The van der Waals surface area contributed by atoms with Gasteiger partial charge in [-0.3, -0.25) is 9.69 Å². The van der Waals surface area contributed by atoms with E-state index in [1.807, 2.05) is 66.7 Å². The van der Waals surface area contributed by atoms with Crippen LogP contribution in [0.15, 0.2) is 77.7 Å². The molecule has 0 aliphatic carbocycles. The van der Waals surface area contributed by atoms with Gasteiger partial charge < -0.3 is 19.3 Å². The van der Waals surface area contributed by atoms with Gasteiger partial charge in [-0.05, 0) is 85.8 Å². The molecule has 2 aliphatic heterocycles. The van der Waals surface area contributed by atoms with Crippen molar-refractivity contribution < 1.29 is 14.3 Å². The predicted octanol–water partition coefficient (Wildman–Crippen LogP) is 6.55. The normalized spacial score (nSPS) is 17.7. The fraction of sp³-hybridized carbons (Fsp3) is 0.267. The maximum atomic E-state index is 13.2. The van der Waals surface area contributed by atoms with Crippen molar-refractivity contribution in [3.8, 4) is 17.2 Å². The second kappa shape index (κ2) is 13.0. The second-order valence-electron chi connectivity index (χ2n) is 9.48. The first-order valence-corrected chi connectivity index (χ1v) is 14.5. The number of benzene rings is 3. The number of likely N-dealkylation sites (N-methyl/N-ethyl adjacent to an activating group) is 1. The molecule has 1 amide bonds. The Kier molecular flexibility index (Phi) is 9.21. The molecular formula is C30H30ClN3O3S2. The van der Waals surface area contributed by atoms with Gasteiger partial charge in [0.15, 0.2) is 4.32 Å². The van der Waals surface area contributed by atoms with Gasteiger partial charge in [0.1, 0.15) is 17.2 Å². The first-order chi connectivity index (χ1) is 18.9. The standard InChI is InChI=1S/C30H30ClN3O3S2/c1-32-16-18-33(19-17-32)15-2-20-36-25-13-7-24(8-14-25)34-29(35)28(39-30(34)38)21-22-3-9-26(10-4-22)37-27-11-5-23(31)6-12-27/h3-14,21H,2,15-20H2,1H3. The number of ether oxygens (including phenoxy) is 2. The van der Waals surface area contributed by atoms with Crippen LogP contribution in [-0.2, 0) is 4.79 Å². The average Bonchev–Trinajstić information content (AvgIpc) is 3.22. The van der Waals surface area contributed by atoms with E-state index in [-0.39, 0.29) is 5.91 Å². The summed E-state index contributed by atoms with van der Waals surface area (Å²) in [6, 6.07) is 22.3. The molecule has 3 aromatic rings. The first kappa shape index (κ1) is 27.7. The van der Waals surface area contributed by atoms with Crippen molar-refractivity contribution in [2.75, 3.05) is 51.3 Å². The molecule has 0 saturated carbocycles. The summed E-state index contributed by atoms with van der Waals surface area (Å²) in [5.41, 5.74) is 1.62. The molecule has 202 valence electrons. The fourth-order valence-corrected chi connectivity index (χ4v) is 5.78. The van der Waals surface area contributed by atoms with Gasteiger partial charge in [0.2, 0.25) is 0 Å². The Morgan fingerprint density at radius 1 is 0.897 bits per heavy atom. The minimum atomic E-state index is -0.132. The molecule has 5 rings (SSSR count). The fourth-order valence-electron chi connectivity index (χ4n) is 4.35. The zero-order valence-electron chi connectivity index (χ0n) is 21.7. The van der Waals surface area contributed by atoms with Gasteiger partial charge in [-0.2, -0.15) is 0 Å². The molecule has 0 bridgehead atoms. The topological polar surface area (TPSA) is 45.2 Å². The number of carbonyl (C=O) groups is 1. The Hall–Kier alpha value is -2.88. The number of halogens is 1. The van der Waals surface area contributed by atoms with Crippen LogP contribution in [0.2, 0.25) is 5.02 Å². The van der Waals surface area contributed by atoms with Gasteiger partial charge in [0.05, 0.1) is 17.2 Å². The summed E-state index contributed by atoms with van der Waals surface area (Å²) in [4.78, 5) is 20.2. The highest BCUT2D eigenvalue weighted by molar-refractivity contribution is 8.27. The van der Waals surface area contributed by atoms with E-state index in [0.29, 0.717) is 32.4 Å². The molecule has 0 spiro atoms. The third-order valence-corrected chi connectivity index (χ3v) is 8.15. The Morgan fingerprint density at radius 3 is 2.18 bits per heavy atom. The van der Waals surface area contributed by atoms with Crippen LogP contribution in [0.25, 0.3) is 6.08 Å². The lowest BCUT2D eigenvalue weighted by Crippen LogP contribution is -2.44. The van der Waals surface area contributed by atoms with Crippen LogP contribution < -0.4 is 14.4 Å². The van der Waals surface area contributed by atoms with E-state index in [2.05, 4.69) is 16.8 Å². The number of rotatable bonds is 9. The van der Waals surface area contributed by atoms with Crippen LogP contribution in [0, 0.1) is 0 Å². The number of hydrogen-bond acceptors (Lipinski definition) is 7. The van der Waals surface area contributed by atoms with Gasteiger partial charge in [-0.15, -0.1) is 0 Å². The van der Waals surface area contributed by atoms with Crippen molar-refractivity contribution >= 4 is 57.6 Å². The molecule has 0 unspecified atom stereocenters. The van der Waals surface area contributed by atoms with Gasteiger partial charge in [-0.25, -0.2) is 0 Å². The molecular weight excluding hydrogens is 550 g/mol. The highest BCUT2D eigenvalue weighted by Gasteiger charge is 2.33. The Balaban J connectivity index is 1.14. The predicted molar refractivity (Wildman–Crippen MR) is 164 cm³/mol. The number of thiocarbonyl (C=S) groups is 1. The lowest BCUT2D eigenvalue weighted by atomic mass is 10.2. The van der Waals surface area contributed by atoms with E-state index in [1.54, 1.807) is 17.0 Å². The van der Waals surface area contributed by atoms with Gasteiger partial charge in [0.25, 0.3) is 5.91 Å². The van der Waals surface area contributed by atoms with Crippen LogP contribution in [0.3, 0.4) is 0 Å². The number of nitrogens with zero attached hydrogens (tertiary/aromatic N) is 3. The van der Waals surface area contributed by atoms with E-state index in [9.17, 15) is 4.79 Å². The highest BCUT2D eigenvalue weighted by Crippen LogP contribution is 2.37. The Labute approximate surface area is 244 Å². The summed E-state index contributed by atoms with van der Waals surface area (Å²) >= 11 is 12.8. The van der Waals surface area contributed by atoms with E-state index < -0.39 is 0 Å². The maximum absolute atomic E-state index is 13.2. The molecule has 2 heterocycles. The molecule has 39 heavy (non-hydrogen) atoms. The monoisotopic (exact) mass is 579 g/mol. The third-order valence-electron chi connectivity index (χ3n) is 6.60. The highest BCUT2D eigenvalue weighted by atomic mass is 35.5. The average molecular weight is 580 g/mol. The van der Waals surface area contributed by atoms with Crippen LogP contribution in [0.1, 0.15) is 12.0 Å². The van der Waals surface area contributed by atoms with Gasteiger partial charge in [-0.1, -0.05) is 47.7 Å². The second-order valence-corrected chi connectivity index (χ2v) is 11.6. The van der Waals surface area contributed by atoms with E-state index in [1.165, 1.54) is 11.8 Å². The zero-order chi connectivity index (χ0) is 27.2. The summed E-state index contributed by atoms with van der Waals surface area (Å²) in [5.74, 6) is 2.06. The van der Waals surface area contributed by atoms with Gasteiger partial charge in [0, 0.05) is 37.7 Å². The van der Waals surface area contributed by atoms with Crippen molar-refractivity contribution in [3.05, 3.63) is 88.3 Å². The smallest absolute Gasteiger partial charge is 0.270 e. The molecule has 3 aromatic carbocycles. The zero-order valence-corrected chi connectivity index (χ0v) is 24.1. The molecule has 0 aromatic heterocycles. The Morgan fingerprint density at radius 2 is 1.51 bits per heavy atom. The van der Waals surface area contributed by atoms with Crippen molar-refractivity contribution in [2.45, 2.75) is 6.42 Å². The van der Waals surface area contributed by atoms with Crippen LogP contribution >= 0.6 is 35.6 Å². The van der Waals surface area contributed by atoms with Gasteiger partial charge >= 0.3 is 0 Å². The summed E-state index contributed by atoms with van der Waals surface area (Å²) in [7, 11) is 2.17. The summed E-state index contributed by atoms with van der Waals surface area (Å²) in [6.07, 6.45) is 2.84. The molecule has 9 heteroatoms. The summed E-state index contributed by atoms with van der Waals surface area (Å²) in [6.45, 7) is 6.20. The molecule has 6 nitrogen and oxygen atoms in total. The quantitative estimate of drug-likeness (QED) is 0.162. The lowest BCUT2D eigenvalue weighted by Gasteiger charge is -2.32. The summed E-state index contributed by atoms with van der Waals surface area (Å²) in [5, 5.41) is 0.659. The van der Waals surface area contributed by atoms with Crippen molar-refractivity contribution in [1.29, 1.82) is 0 Å². The largest absolute Gasteiger partial charge is 0.494 e. The van der Waals surface area contributed by atoms with E-state index in [0.717, 1.165) is 56.1 Å². The van der Waals surface area contributed by atoms with E-state index >= 15 is 0 Å². The lowest BCUT2D eigenvalue weighted by molar-refractivity contribution is -0.113. The van der Waals surface area contributed by atoms with Crippen molar-refractivity contribution in [2.24, 2.45) is 0 Å². The van der Waals surface area contributed by atoms with Crippen LogP contribution in [0.4, 0.5) is 5.69 Å². The van der Waals surface area contributed by atoms with Crippen molar-refractivity contribution in [1.82, 2.24) is 9.80 Å². The van der Waals surface area contributed by atoms with E-state index in [4.69, 9.17) is 33.3 Å². The molecule has 2 saturated heterocycles. The molecule has 0 radical (unpaired) electrons. The maximum Gasteiger partial charge on any atom is 0.270 e. The minimum Gasteiger partial charge on any atom is -0.494 e. The number of amides is 1. The molecule has 0 atom stereocenters. The summed E-state index contributed by atoms with van der Waals surface area (Å²) < 4.78 is 12.3. The number of hydrogen-bond donors (Lipinski definition) is 0. The molecule has 0 N–H and O–H groups in total. The molecule has 2 fully saturated rings. The number of piperazine rings is 1. The third kappa shape index (κ3) is 7.41. The number of anilines is 1. The SMILES string of the molecule is CN1CCN(CCCOc2ccc(N3C(=O)C(=Cc4ccc(Oc5ccc(Cl)cc5)cc4)SC3=S)cc2)CC1. The van der Waals surface area contributed by atoms with Crippen molar-refractivity contribution in [3.63, 3.8) is 0 Å². The number of thioether (sulfide) groups is 1.